The monoisotopic (exact) mass is 252 g/mol. The number of ether oxygens (including phenoxy) is 1. The number of nitrogens with two attached hydrogens (primary N) is 1. The highest BCUT2D eigenvalue weighted by Crippen LogP contribution is 2.28. The summed E-state index contributed by atoms with van der Waals surface area (Å²) in [5, 5.41) is 3.25. The van der Waals surface area contributed by atoms with Crippen molar-refractivity contribution in [1.82, 2.24) is 9.97 Å². The Bertz CT molecular complexity index is 379. The molecule has 0 unspecified atom stereocenters. The van der Waals surface area contributed by atoms with Gasteiger partial charge >= 0.3 is 0 Å². The van der Waals surface area contributed by atoms with Crippen molar-refractivity contribution in [2.75, 3.05) is 24.2 Å². The van der Waals surface area contributed by atoms with Gasteiger partial charge in [0.15, 0.2) is 5.82 Å². The smallest absolute Gasteiger partial charge is 0.242 e. The van der Waals surface area contributed by atoms with E-state index < -0.39 is 0 Å². The SMILES string of the molecule is CCCCNc1nc(C(C)C)nc(OCC)c1N. The van der Waals surface area contributed by atoms with Gasteiger partial charge in [0.25, 0.3) is 0 Å². The van der Waals surface area contributed by atoms with Gasteiger partial charge in [0, 0.05) is 12.5 Å². The fraction of sp³-hybridized carbons (Fsp3) is 0.692. The van der Waals surface area contributed by atoms with E-state index in [1.165, 1.54) is 0 Å². The zero-order valence-electron chi connectivity index (χ0n) is 11.8. The Kier molecular flexibility index (Phi) is 5.68. The first kappa shape index (κ1) is 14.5. The first-order valence-corrected chi connectivity index (χ1v) is 6.64. The highest BCUT2D eigenvalue weighted by atomic mass is 16.5. The van der Waals surface area contributed by atoms with Crippen molar-refractivity contribution in [2.45, 2.75) is 46.5 Å². The predicted octanol–water partition coefficient (Wildman–Crippen LogP) is 2.79. The summed E-state index contributed by atoms with van der Waals surface area (Å²) in [4.78, 5) is 8.81. The minimum atomic E-state index is 0.247. The highest BCUT2D eigenvalue weighted by molar-refractivity contribution is 5.67. The summed E-state index contributed by atoms with van der Waals surface area (Å²) in [6.07, 6.45) is 2.22. The first-order valence-electron chi connectivity index (χ1n) is 6.64. The van der Waals surface area contributed by atoms with Crippen LogP contribution in [0.2, 0.25) is 0 Å². The van der Waals surface area contributed by atoms with Crippen molar-refractivity contribution < 1.29 is 4.74 Å². The fourth-order valence-corrected chi connectivity index (χ4v) is 1.49. The van der Waals surface area contributed by atoms with Gasteiger partial charge in [-0.15, -0.1) is 0 Å². The van der Waals surface area contributed by atoms with Crippen molar-refractivity contribution in [3.8, 4) is 5.88 Å². The van der Waals surface area contributed by atoms with Crippen LogP contribution in [0.3, 0.4) is 0 Å². The van der Waals surface area contributed by atoms with Crippen LogP contribution in [0.15, 0.2) is 0 Å². The molecular formula is C13H24N4O. The van der Waals surface area contributed by atoms with Gasteiger partial charge in [-0.25, -0.2) is 4.98 Å². The van der Waals surface area contributed by atoms with Gasteiger partial charge in [-0.05, 0) is 13.3 Å². The molecule has 0 fully saturated rings. The number of rotatable bonds is 7. The summed E-state index contributed by atoms with van der Waals surface area (Å²) < 4.78 is 5.46. The Balaban J connectivity index is 2.98. The molecule has 0 aliphatic carbocycles. The van der Waals surface area contributed by atoms with Gasteiger partial charge in [-0.3, -0.25) is 0 Å². The van der Waals surface area contributed by atoms with Crippen molar-refractivity contribution in [3.05, 3.63) is 5.82 Å². The lowest BCUT2D eigenvalue weighted by atomic mass is 10.2. The third-order valence-electron chi connectivity index (χ3n) is 2.55. The fourth-order valence-electron chi connectivity index (χ4n) is 1.49. The normalized spacial score (nSPS) is 10.7. The van der Waals surface area contributed by atoms with E-state index in [1.54, 1.807) is 0 Å². The minimum Gasteiger partial charge on any atom is -0.476 e. The molecule has 5 heteroatoms. The number of nitrogen functional groups attached to an aromatic ring is 1. The van der Waals surface area contributed by atoms with Crippen LogP contribution < -0.4 is 15.8 Å². The molecule has 0 amide bonds. The van der Waals surface area contributed by atoms with E-state index in [4.69, 9.17) is 10.5 Å². The molecule has 18 heavy (non-hydrogen) atoms. The van der Waals surface area contributed by atoms with Gasteiger partial charge in [-0.2, -0.15) is 4.98 Å². The summed E-state index contributed by atoms with van der Waals surface area (Å²) in [5.41, 5.74) is 6.51. The minimum absolute atomic E-state index is 0.247. The standard InChI is InChI=1S/C13H24N4O/c1-5-7-8-15-12-10(14)13(18-6-2)17-11(16-12)9(3)4/h9H,5-8,14H2,1-4H3,(H,15,16,17). The first-order chi connectivity index (χ1) is 8.60. The number of hydrogen-bond donors (Lipinski definition) is 2. The average molecular weight is 252 g/mol. The third-order valence-corrected chi connectivity index (χ3v) is 2.55. The molecule has 1 rings (SSSR count). The van der Waals surface area contributed by atoms with E-state index in [-0.39, 0.29) is 5.92 Å². The van der Waals surface area contributed by atoms with Crippen LogP contribution in [-0.2, 0) is 0 Å². The zero-order chi connectivity index (χ0) is 13.5. The number of nitrogens with one attached hydrogen (secondary N) is 1. The Morgan fingerprint density at radius 2 is 2.00 bits per heavy atom. The number of unbranched alkanes of at least 4 members (excludes halogenated alkanes) is 1. The molecule has 1 aromatic heterocycles. The molecule has 0 bridgehead atoms. The van der Waals surface area contributed by atoms with Gasteiger partial charge in [-0.1, -0.05) is 27.2 Å². The highest BCUT2D eigenvalue weighted by Gasteiger charge is 2.14. The van der Waals surface area contributed by atoms with E-state index in [1.807, 2.05) is 6.92 Å². The topological polar surface area (TPSA) is 73.1 Å². The molecular weight excluding hydrogens is 228 g/mol. The lowest BCUT2D eigenvalue weighted by Crippen LogP contribution is -2.12. The Hall–Kier alpha value is -1.52. The summed E-state index contributed by atoms with van der Waals surface area (Å²) >= 11 is 0. The number of aromatic nitrogens is 2. The largest absolute Gasteiger partial charge is 0.476 e. The quantitative estimate of drug-likeness (QED) is 0.730. The second-order valence-corrected chi connectivity index (χ2v) is 4.52. The molecule has 0 atom stereocenters. The molecule has 5 nitrogen and oxygen atoms in total. The van der Waals surface area contributed by atoms with E-state index in [2.05, 4.69) is 36.1 Å². The molecule has 0 saturated carbocycles. The molecule has 0 aliphatic heterocycles. The average Bonchev–Trinajstić information content (AvgIpc) is 2.33. The molecule has 0 aliphatic rings. The van der Waals surface area contributed by atoms with Crippen LogP contribution in [0.5, 0.6) is 5.88 Å². The Labute approximate surface area is 109 Å². The van der Waals surface area contributed by atoms with Crippen LogP contribution in [0, 0.1) is 0 Å². The maximum absolute atomic E-state index is 6.01. The second-order valence-electron chi connectivity index (χ2n) is 4.52. The number of nitrogens with zero attached hydrogens (tertiary/aromatic N) is 2. The Morgan fingerprint density at radius 1 is 1.28 bits per heavy atom. The van der Waals surface area contributed by atoms with E-state index >= 15 is 0 Å². The summed E-state index contributed by atoms with van der Waals surface area (Å²) in [6.45, 7) is 9.58. The van der Waals surface area contributed by atoms with E-state index in [0.29, 0.717) is 24.0 Å². The summed E-state index contributed by atoms with van der Waals surface area (Å²) in [7, 11) is 0. The molecule has 102 valence electrons. The molecule has 0 radical (unpaired) electrons. The van der Waals surface area contributed by atoms with Crippen molar-refractivity contribution in [2.24, 2.45) is 0 Å². The molecule has 0 aromatic carbocycles. The van der Waals surface area contributed by atoms with Crippen molar-refractivity contribution in [3.63, 3.8) is 0 Å². The van der Waals surface area contributed by atoms with E-state index in [0.717, 1.165) is 25.2 Å². The molecule has 3 N–H and O–H groups in total. The summed E-state index contributed by atoms with van der Waals surface area (Å²) in [5.74, 6) is 2.17. The van der Waals surface area contributed by atoms with Crippen LogP contribution >= 0.6 is 0 Å². The lowest BCUT2D eigenvalue weighted by Gasteiger charge is -2.14. The van der Waals surface area contributed by atoms with Gasteiger partial charge in [0.05, 0.1) is 6.61 Å². The van der Waals surface area contributed by atoms with Gasteiger partial charge < -0.3 is 15.8 Å². The van der Waals surface area contributed by atoms with Crippen molar-refractivity contribution in [1.29, 1.82) is 0 Å². The van der Waals surface area contributed by atoms with E-state index in [9.17, 15) is 0 Å². The van der Waals surface area contributed by atoms with Crippen molar-refractivity contribution >= 4 is 11.5 Å². The van der Waals surface area contributed by atoms with Crippen LogP contribution in [0.1, 0.15) is 52.3 Å². The van der Waals surface area contributed by atoms with Crippen LogP contribution in [0.25, 0.3) is 0 Å². The van der Waals surface area contributed by atoms with Crippen LogP contribution in [-0.4, -0.2) is 23.1 Å². The zero-order valence-corrected chi connectivity index (χ0v) is 11.8. The van der Waals surface area contributed by atoms with Gasteiger partial charge in [0.1, 0.15) is 11.5 Å². The molecule has 1 aromatic rings. The van der Waals surface area contributed by atoms with Gasteiger partial charge in [0.2, 0.25) is 5.88 Å². The number of anilines is 2. The third kappa shape index (κ3) is 3.75. The number of hydrogen-bond acceptors (Lipinski definition) is 5. The molecule has 0 saturated heterocycles. The lowest BCUT2D eigenvalue weighted by molar-refractivity contribution is 0.326. The summed E-state index contributed by atoms with van der Waals surface area (Å²) in [6, 6.07) is 0. The maximum atomic E-state index is 6.01. The maximum Gasteiger partial charge on any atom is 0.242 e. The van der Waals surface area contributed by atoms with Crippen LogP contribution in [0.4, 0.5) is 11.5 Å². The molecule has 0 spiro atoms. The Morgan fingerprint density at radius 3 is 2.56 bits per heavy atom. The second kappa shape index (κ2) is 7.03. The molecule has 1 heterocycles. The predicted molar refractivity (Wildman–Crippen MR) is 75.1 cm³/mol.